The van der Waals surface area contributed by atoms with Gasteiger partial charge in [0, 0.05) is 25.7 Å². The van der Waals surface area contributed by atoms with Crippen LogP contribution in [0.15, 0.2) is 0 Å². The number of rotatable bonds is 34. The summed E-state index contributed by atoms with van der Waals surface area (Å²) in [5, 5.41) is 31.4. The van der Waals surface area contributed by atoms with E-state index in [1.807, 2.05) is 76.2 Å². The molecule has 14 heteroatoms. The number of methoxy groups -OCH3 is 2. The lowest BCUT2D eigenvalue weighted by Gasteiger charge is -2.38. The second kappa shape index (κ2) is 33.7. The average Bonchev–Trinajstić information content (AvgIpc) is 3.20. The molecule has 0 aromatic rings. The minimum atomic E-state index is -0.882. The number of aliphatic carboxylic acids is 3. The van der Waals surface area contributed by atoms with Gasteiger partial charge >= 0.3 is 23.9 Å². The first-order valence-corrected chi connectivity index (χ1v) is 22.9. The Morgan fingerprint density at radius 3 is 1.26 bits per heavy atom. The molecule has 1 amide bonds. The monoisotopic (exact) mass is 878 g/mol. The Morgan fingerprint density at radius 2 is 0.902 bits per heavy atom. The van der Waals surface area contributed by atoms with Crippen molar-refractivity contribution in [3.8, 4) is 0 Å². The Kier molecular flexibility index (Phi) is 34.5. The molecule has 0 aliphatic rings. The smallest absolute Gasteiger partial charge is 0.311 e. The van der Waals surface area contributed by atoms with Crippen LogP contribution in [0.3, 0.4) is 0 Å². The zero-order valence-corrected chi connectivity index (χ0v) is 41.1. The third-order valence-corrected chi connectivity index (χ3v) is 12.0. The van der Waals surface area contributed by atoms with Gasteiger partial charge in [0.2, 0.25) is 5.91 Å². The number of carboxylic acid groups (broad SMARTS) is 3. The maximum absolute atomic E-state index is 13.0. The van der Waals surface area contributed by atoms with Gasteiger partial charge in [0.1, 0.15) is 6.61 Å². The van der Waals surface area contributed by atoms with Crippen molar-refractivity contribution in [3.63, 3.8) is 0 Å². The van der Waals surface area contributed by atoms with E-state index >= 15 is 0 Å². The first kappa shape index (κ1) is 62.5. The van der Waals surface area contributed by atoms with Crippen LogP contribution in [0, 0.1) is 27.1 Å². The van der Waals surface area contributed by atoms with E-state index in [0.29, 0.717) is 91.0 Å². The third kappa shape index (κ3) is 23.4. The van der Waals surface area contributed by atoms with Gasteiger partial charge in [0.05, 0.1) is 61.3 Å². The number of ether oxygens (including phenoxy) is 5. The lowest BCUT2D eigenvalue weighted by Crippen LogP contribution is -2.48. The Hall–Kier alpha value is -2.81. The summed E-state index contributed by atoms with van der Waals surface area (Å²) in [7, 11) is 3.21. The number of amides is 1. The molecule has 0 fully saturated rings. The van der Waals surface area contributed by atoms with Crippen LogP contribution in [0.2, 0.25) is 0 Å². The van der Waals surface area contributed by atoms with Gasteiger partial charge in [0.15, 0.2) is 0 Å². The van der Waals surface area contributed by atoms with Crippen molar-refractivity contribution in [2.45, 2.75) is 185 Å². The van der Waals surface area contributed by atoms with E-state index in [-0.39, 0.29) is 24.5 Å². The van der Waals surface area contributed by atoms with Crippen LogP contribution in [-0.2, 0) is 47.7 Å². The number of hydrogen-bond acceptors (Lipinski definition) is 10. The predicted molar refractivity (Wildman–Crippen MR) is 241 cm³/mol. The van der Waals surface area contributed by atoms with E-state index in [9.17, 15) is 34.2 Å². The van der Waals surface area contributed by atoms with Crippen LogP contribution in [-0.4, -0.2) is 112 Å². The maximum Gasteiger partial charge on any atom is 0.311 e. The molecule has 0 aromatic heterocycles. The standard InChI is InChI=1S/C20H39NO5.C19H36O6.C8H16O2/c1-7-10-19(5,15-20(9-3,11-8-2)18(23)24)17(22)21-16(4)14-26-13-12-25-6;1-6-9-18(4,15-19(8-3,10-7-2)16(20)21)17(22)25-14-13-24-12-11-23-5;1-4-6-8(3,5-2)7(9)10/h16H,7-15H2,1-6H3,(H,21,22)(H,23,24);6-15H2,1-5H3,(H,20,21);4-6H2,1-3H3,(H,9,10). The molecular weight excluding hydrogens is 787 g/mol. The first-order valence-electron chi connectivity index (χ1n) is 22.9. The van der Waals surface area contributed by atoms with Crippen LogP contribution in [0.4, 0.5) is 0 Å². The van der Waals surface area contributed by atoms with E-state index in [0.717, 1.165) is 44.9 Å². The highest BCUT2D eigenvalue weighted by Crippen LogP contribution is 2.45. The molecule has 0 aliphatic carbocycles. The van der Waals surface area contributed by atoms with E-state index in [2.05, 4.69) is 5.32 Å². The van der Waals surface area contributed by atoms with Gasteiger partial charge in [-0.05, 0) is 85.0 Å². The van der Waals surface area contributed by atoms with Gasteiger partial charge in [-0.3, -0.25) is 24.0 Å². The number of carbonyl (C=O) groups excluding carboxylic acids is 2. The van der Waals surface area contributed by atoms with Crippen molar-refractivity contribution in [3.05, 3.63) is 0 Å². The maximum atomic E-state index is 13.0. The number of nitrogens with one attached hydrogen (secondary N) is 1. The molecule has 14 nitrogen and oxygen atoms in total. The van der Waals surface area contributed by atoms with Crippen LogP contribution in [0.25, 0.3) is 0 Å². The SMILES string of the molecule is CCCC(C)(CC(CC)(CCC)C(=O)O)C(=O)NC(C)COCCOC.CCCC(C)(CC(CC)(CCC)C(=O)O)C(=O)OCCOCCOC.CCCC(C)(CC)C(=O)O. The fourth-order valence-electron chi connectivity index (χ4n) is 7.99. The fourth-order valence-corrected chi connectivity index (χ4v) is 7.99. The van der Waals surface area contributed by atoms with Gasteiger partial charge in [-0.15, -0.1) is 0 Å². The molecule has 61 heavy (non-hydrogen) atoms. The number of carboxylic acids is 3. The molecule has 0 spiro atoms. The van der Waals surface area contributed by atoms with Crippen molar-refractivity contribution >= 4 is 29.8 Å². The highest BCUT2D eigenvalue weighted by Gasteiger charge is 2.47. The summed E-state index contributed by atoms with van der Waals surface area (Å²) in [6.45, 7) is 26.0. The summed E-state index contributed by atoms with van der Waals surface area (Å²) >= 11 is 0. The van der Waals surface area contributed by atoms with Crippen LogP contribution in [0.1, 0.15) is 179 Å². The van der Waals surface area contributed by atoms with E-state index in [4.69, 9.17) is 28.8 Å². The Balaban J connectivity index is -0.000000903. The van der Waals surface area contributed by atoms with Crippen LogP contribution < -0.4 is 5.32 Å². The zero-order valence-electron chi connectivity index (χ0n) is 41.1. The first-order chi connectivity index (χ1) is 28.6. The van der Waals surface area contributed by atoms with Crippen molar-refractivity contribution in [1.29, 1.82) is 0 Å². The summed E-state index contributed by atoms with van der Waals surface area (Å²) in [6, 6.07) is -0.137. The molecule has 0 saturated carbocycles. The topological polar surface area (TPSA) is 204 Å². The molecule has 6 atom stereocenters. The summed E-state index contributed by atoms with van der Waals surface area (Å²) in [4.78, 5) is 60.2. The molecule has 4 N–H and O–H groups in total. The molecule has 0 aliphatic heterocycles. The molecule has 0 heterocycles. The van der Waals surface area contributed by atoms with E-state index in [1.165, 1.54) is 0 Å². The third-order valence-electron chi connectivity index (χ3n) is 12.0. The van der Waals surface area contributed by atoms with Gasteiger partial charge in [-0.1, -0.05) is 94.4 Å². The minimum Gasteiger partial charge on any atom is -0.481 e. The summed E-state index contributed by atoms with van der Waals surface area (Å²) in [5.41, 5.74) is -3.74. The molecule has 0 radical (unpaired) electrons. The number of hydrogen-bond donors (Lipinski definition) is 4. The van der Waals surface area contributed by atoms with E-state index < -0.39 is 45.0 Å². The zero-order chi connectivity index (χ0) is 47.8. The Labute approximate surface area is 370 Å². The molecule has 0 rings (SSSR count). The van der Waals surface area contributed by atoms with Crippen molar-refractivity contribution in [2.75, 3.05) is 60.5 Å². The molecule has 0 saturated heterocycles. The molecule has 0 aromatic carbocycles. The summed E-state index contributed by atoms with van der Waals surface area (Å²) in [5.74, 6) is -2.71. The largest absolute Gasteiger partial charge is 0.481 e. The Morgan fingerprint density at radius 1 is 0.508 bits per heavy atom. The van der Waals surface area contributed by atoms with Gasteiger partial charge in [-0.25, -0.2) is 0 Å². The summed E-state index contributed by atoms with van der Waals surface area (Å²) in [6.07, 6.45) is 9.71. The van der Waals surface area contributed by atoms with Gasteiger partial charge < -0.3 is 44.3 Å². The summed E-state index contributed by atoms with van der Waals surface area (Å²) < 4.78 is 26.0. The van der Waals surface area contributed by atoms with Crippen molar-refractivity contribution in [2.24, 2.45) is 27.1 Å². The number of esters is 1. The van der Waals surface area contributed by atoms with E-state index in [1.54, 1.807) is 21.1 Å². The normalized spacial score (nSPS) is 16.6. The predicted octanol–water partition coefficient (Wildman–Crippen LogP) is 9.59. The minimum absolute atomic E-state index is 0.0858. The Bertz CT molecular complexity index is 1220. The van der Waals surface area contributed by atoms with Crippen LogP contribution >= 0.6 is 0 Å². The molecule has 0 bridgehead atoms. The molecule has 362 valence electrons. The second-order valence-electron chi connectivity index (χ2n) is 17.5. The fraction of sp³-hybridized carbons (Fsp3) is 0.894. The highest BCUT2D eigenvalue weighted by molar-refractivity contribution is 5.84. The van der Waals surface area contributed by atoms with Crippen molar-refractivity contribution < 1.29 is 63.0 Å². The highest BCUT2D eigenvalue weighted by atomic mass is 16.6. The van der Waals surface area contributed by atoms with Gasteiger partial charge in [-0.2, -0.15) is 0 Å². The number of carbonyl (C=O) groups is 5. The van der Waals surface area contributed by atoms with Crippen molar-refractivity contribution in [1.82, 2.24) is 5.32 Å². The quantitative estimate of drug-likeness (QED) is 0.0352. The average molecular weight is 878 g/mol. The molecular formula is C47H91NO13. The lowest BCUT2D eigenvalue weighted by molar-refractivity contribution is -0.164. The second-order valence-corrected chi connectivity index (χ2v) is 17.5. The van der Waals surface area contributed by atoms with Gasteiger partial charge in [0.25, 0.3) is 0 Å². The lowest BCUT2D eigenvalue weighted by atomic mass is 9.66. The molecule has 6 unspecified atom stereocenters. The van der Waals surface area contributed by atoms with Crippen LogP contribution in [0.5, 0.6) is 0 Å².